The summed E-state index contributed by atoms with van der Waals surface area (Å²) >= 11 is 0. The fraction of sp³-hybridized carbons (Fsp3) is 0.727. The lowest BCUT2D eigenvalue weighted by molar-refractivity contribution is 0.306. The summed E-state index contributed by atoms with van der Waals surface area (Å²) in [7, 11) is 0. The molecule has 1 aliphatic carbocycles. The van der Waals surface area contributed by atoms with E-state index in [1.54, 1.807) is 6.92 Å². The molecule has 2 rings (SSSR count). The van der Waals surface area contributed by atoms with Gasteiger partial charge in [-0.05, 0) is 12.8 Å². The Morgan fingerprint density at radius 2 is 2.31 bits per heavy atom. The van der Waals surface area contributed by atoms with E-state index in [0.29, 0.717) is 18.3 Å². The first kappa shape index (κ1) is 11.1. The second kappa shape index (κ2) is 5.08. The summed E-state index contributed by atoms with van der Waals surface area (Å²) in [6, 6.07) is 2.64. The van der Waals surface area contributed by atoms with Gasteiger partial charge in [-0.1, -0.05) is 18.0 Å². The lowest BCUT2D eigenvalue weighted by Crippen LogP contribution is -2.37. The summed E-state index contributed by atoms with van der Waals surface area (Å²) in [5, 5.41) is 16.2. The van der Waals surface area contributed by atoms with E-state index < -0.39 is 0 Å². The molecule has 16 heavy (non-hydrogen) atoms. The minimum atomic E-state index is 0.127. The maximum atomic E-state index is 9.02. The summed E-state index contributed by atoms with van der Waals surface area (Å²) in [5.74, 6) is 1.37. The molecule has 1 heterocycles. The average Bonchev–Trinajstić information content (AvgIpc) is 2.73. The molecule has 86 valence electrons. The number of nitriles is 1. The van der Waals surface area contributed by atoms with Crippen molar-refractivity contribution in [1.82, 2.24) is 15.5 Å². The largest absolute Gasteiger partial charge is 0.340 e. The highest BCUT2D eigenvalue weighted by molar-refractivity contribution is 4.95. The number of nitrogens with one attached hydrogen (secondary N) is 1. The Hall–Kier alpha value is -1.41. The zero-order valence-corrected chi connectivity index (χ0v) is 9.44. The Morgan fingerprint density at radius 3 is 3.00 bits per heavy atom. The van der Waals surface area contributed by atoms with Crippen LogP contribution in [0.4, 0.5) is 0 Å². The van der Waals surface area contributed by atoms with Gasteiger partial charge < -0.3 is 9.84 Å². The quantitative estimate of drug-likeness (QED) is 0.836. The number of nitrogens with zero attached hydrogens (tertiary/aromatic N) is 3. The summed E-state index contributed by atoms with van der Waals surface area (Å²) in [4.78, 5) is 4.12. The van der Waals surface area contributed by atoms with Crippen LogP contribution in [0.1, 0.15) is 37.4 Å². The van der Waals surface area contributed by atoms with Crippen LogP contribution in [0.5, 0.6) is 0 Å². The van der Waals surface area contributed by atoms with E-state index in [0.717, 1.165) is 19.3 Å². The molecule has 2 atom stereocenters. The summed E-state index contributed by atoms with van der Waals surface area (Å²) in [6.45, 7) is 2.36. The predicted molar refractivity (Wildman–Crippen MR) is 57.2 cm³/mol. The molecule has 1 aliphatic rings. The van der Waals surface area contributed by atoms with Crippen LogP contribution in [-0.2, 0) is 6.54 Å². The van der Waals surface area contributed by atoms with Crippen molar-refractivity contribution in [2.24, 2.45) is 5.92 Å². The zero-order chi connectivity index (χ0) is 11.4. The van der Waals surface area contributed by atoms with Crippen molar-refractivity contribution in [2.75, 3.05) is 0 Å². The molecule has 1 saturated carbocycles. The van der Waals surface area contributed by atoms with Gasteiger partial charge in [-0.3, -0.25) is 0 Å². The van der Waals surface area contributed by atoms with Crippen molar-refractivity contribution in [3.05, 3.63) is 11.7 Å². The van der Waals surface area contributed by atoms with Crippen LogP contribution in [0.15, 0.2) is 4.52 Å². The highest BCUT2D eigenvalue weighted by atomic mass is 16.5. The highest BCUT2D eigenvalue weighted by Gasteiger charge is 2.24. The normalized spacial score (nSPS) is 25.2. The fourth-order valence-corrected chi connectivity index (χ4v) is 2.17. The van der Waals surface area contributed by atoms with Crippen LogP contribution in [-0.4, -0.2) is 16.2 Å². The molecule has 1 fully saturated rings. The molecule has 0 spiro atoms. The summed E-state index contributed by atoms with van der Waals surface area (Å²) in [5.41, 5.74) is 0. The predicted octanol–water partition coefficient (Wildman–Crippen LogP) is 1.55. The van der Waals surface area contributed by atoms with Crippen LogP contribution < -0.4 is 5.32 Å². The molecule has 1 aromatic rings. The molecule has 5 nitrogen and oxygen atoms in total. The van der Waals surface area contributed by atoms with Crippen LogP contribution in [0, 0.1) is 24.2 Å². The van der Waals surface area contributed by atoms with Gasteiger partial charge in [-0.15, -0.1) is 0 Å². The highest BCUT2D eigenvalue weighted by Crippen LogP contribution is 2.23. The van der Waals surface area contributed by atoms with Crippen molar-refractivity contribution in [3.8, 4) is 6.07 Å². The van der Waals surface area contributed by atoms with Crippen LogP contribution in [0.25, 0.3) is 0 Å². The molecule has 0 saturated heterocycles. The standard InChI is InChI=1S/C11H16N4O/c1-8-14-11(15-16-8)7-13-10-5-3-2-4-9(10)6-12/h9-10,13H,2-5,7H2,1H3. The summed E-state index contributed by atoms with van der Waals surface area (Å²) in [6.07, 6.45) is 4.42. The molecule has 0 bridgehead atoms. The molecule has 0 radical (unpaired) electrons. The molecule has 0 aromatic carbocycles. The monoisotopic (exact) mass is 220 g/mol. The van der Waals surface area contributed by atoms with Gasteiger partial charge in [0.15, 0.2) is 5.82 Å². The maximum absolute atomic E-state index is 9.02. The summed E-state index contributed by atoms with van der Waals surface area (Å²) < 4.78 is 4.89. The number of aryl methyl sites for hydroxylation is 1. The average molecular weight is 220 g/mol. The van der Waals surface area contributed by atoms with E-state index in [4.69, 9.17) is 9.78 Å². The van der Waals surface area contributed by atoms with Gasteiger partial charge in [0, 0.05) is 13.0 Å². The first-order chi connectivity index (χ1) is 7.79. The van der Waals surface area contributed by atoms with Gasteiger partial charge in [-0.25, -0.2) is 0 Å². The number of hydrogen-bond donors (Lipinski definition) is 1. The third-order valence-corrected chi connectivity index (χ3v) is 3.02. The first-order valence-corrected chi connectivity index (χ1v) is 5.72. The minimum absolute atomic E-state index is 0.127. The third kappa shape index (κ3) is 2.58. The smallest absolute Gasteiger partial charge is 0.223 e. The van der Waals surface area contributed by atoms with E-state index in [-0.39, 0.29) is 12.0 Å². The molecular formula is C11H16N4O. The van der Waals surface area contributed by atoms with E-state index >= 15 is 0 Å². The van der Waals surface area contributed by atoms with E-state index in [1.807, 2.05) is 0 Å². The molecule has 0 aliphatic heterocycles. The Labute approximate surface area is 94.8 Å². The lowest BCUT2D eigenvalue weighted by atomic mass is 9.85. The molecule has 2 unspecified atom stereocenters. The topological polar surface area (TPSA) is 74.7 Å². The Kier molecular flexibility index (Phi) is 3.52. The number of aromatic nitrogens is 2. The third-order valence-electron chi connectivity index (χ3n) is 3.02. The van der Waals surface area contributed by atoms with Gasteiger partial charge in [0.25, 0.3) is 0 Å². The lowest BCUT2D eigenvalue weighted by Gasteiger charge is -2.27. The first-order valence-electron chi connectivity index (χ1n) is 5.72. The second-order valence-electron chi connectivity index (χ2n) is 4.24. The van der Waals surface area contributed by atoms with Crippen LogP contribution in [0.3, 0.4) is 0 Å². The van der Waals surface area contributed by atoms with Crippen molar-refractivity contribution >= 4 is 0 Å². The maximum Gasteiger partial charge on any atom is 0.223 e. The van der Waals surface area contributed by atoms with E-state index in [9.17, 15) is 0 Å². The second-order valence-corrected chi connectivity index (χ2v) is 4.24. The minimum Gasteiger partial charge on any atom is -0.340 e. The molecule has 5 heteroatoms. The van der Waals surface area contributed by atoms with Gasteiger partial charge in [0.2, 0.25) is 5.89 Å². The van der Waals surface area contributed by atoms with Crippen molar-refractivity contribution in [1.29, 1.82) is 5.26 Å². The fourth-order valence-electron chi connectivity index (χ4n) is 2.17. The van der Waals surface area contributed by atoms with Gasteiger partial charge in [-0.2, -0.15) is 10.2 Å². The van der Waals surface area contributed by atoms with Crippen molar-refractivity contribution in [3.63, 3.8) is 0 Å². The van der Waals surface area contributed by atoms with Crippen molar-refractivity contribution in [2.45, 2.75) is 45.2 Å². The zero-order valence-electron chi connectivity index (χ0n) is 9.44. The Morgan fingerprint density at radius 1 is 1.50 bits per heavy atom. The molecule has 1 aromatic heterocycles. The van der Waals surface area contributed by atoms with Gasteiger partial charge in [0.1, 0.15) is 0 Å². The van der Waals surface area contributed by atoms with Crippen LogP contribution in [0.2, 0.25) is 0 Å². The van der Waals surface area contributed by atoms with Gasteiger partial charge in [0.05, 0.1) is 18.5 Å². The van der Waals surface area contributed by atoms with Crippen LogP contribution >= 0.6 is 0 Å². The molecule has 0 amide bonds. The SMILES string of the molecule is Cc1nc(CNC2CCCCC2C#N)no1. The Bertz CT molecular complexity index is 382. The van der Waals surface area contributed by atoms with E-state index in [1.165, 1.54) is 6.42 Å². The number of rotatable bonds is 3. The van der Waals surface area contributed by atoms with Crippen molar-refractivity contribution < 1.29 is 4.52 Å². The van der Waals surface area contributed by atoms with E-state index in [2.05, 4.69) is 21.5 Å². The van der Waals surface area contributed by atoms with Gasteiger partial charge >= 0.3 is 0 Å². The Balaban J connectivity index is 1.87. The molecular weight excluding hydrogens is 204 g/mol. The number of hydrogen-bond acceptors (Lipinski definition) is 5. The molecule has 1 N–H and O–H groups in total.